The van der Waals surface area contributed by atoms with Crippen LogP contribution in [-0.4, -0.2) is 72.2 Å². The minimum Gasteiger partial charge on any atom is -0.465 e. The van der Waals surface area contributed by atoms with Crippen LogP contribution >= 0.6 is 282 Å². The predicted octanol–water partition coefficient (Wildman–Crippen LogP) is 27.8. The van der Waals surface area contributed by atoms with Crippen LogP contribution in [0.5, 0.6) is 0 Å². The molecule has 4 nitrogen and oxygen atoms in total. The van der Waals surface area contributed by atoms with Crippen LogP contribution in [0.1, 0.15) is 150 Å². The summed E-state index contributed by atoms with van der Waals surface area (Å²) in [6, 6.07) is 0. The molecule has 8 heterocycles. The number of ether oxygens (including phenoxy) is 2. The molecule has 0 aliphatic carbocycles. The van der Waals surface area contributed by atoms with Gasteiger partial charge in [-0.3, -0.25) is 9.59 Å². The van der Waals surface area contributed by atoms with E-state index in [1.54, 1.807) is 47.0 Å². The number of thioether (sulfide) groups is 24. The van der Waals surface area contributed by atoms with Crippen molar-refractivity contribution < 1.29 is 19.1 Å². The van der Waals surface area contributed by atoms with Crippen molar-refractivity contribution in [2.75, 3.05) is 60.2 Å². The van der Waals surface area contributed by atoms with Crippen molar-refractivity contribution in [2.45, 2.75) is 150 Å². The summed E-state index contributed by atoms with van der Waals surface area (Å²) in [4.78, 5) is 25.4. The number of hydrogen-bond acceptors (Lipinski definition) is 28. The van der Waals surface area contributed by atoms with Crippen molar-refractivity contribution in [1.29, 1.82) is 0 Å². The summed E-state index contributed by atoms with van der Waals surface area (Å²) in [5.41, 5.74) is 0. The molecule has 0 atom stereocenters. The molecular weight excluding hydrogens is 1490 g/mol. The van der Waals surface area contributed by atoms with Gasteiger partial charge in [-0.2, -0.15) is 0 Å². The van der Waals surface area contributed by atoms with Gasteiger partial charge in [0.2, 0.25) is 0 Å². The summed E-state index contributed by atoms with van der Waals surface area (Å²) >= 11 is 46.9. The van der Waals surface area contributed by atoms with Crippen molar-refractivity contribution in [3.63, 3.8) is 0 Å². The van der Waals surface area contributed by atoms with Gasteiger partial charge < -0.3 is 9.47 Å². The zero-order valence-electron chi connectivity index (χ0n) is 47.5. The van der Waals surface area contributed by atoms with Crippen LogP contribution in [-0.2, 0) is 19.1 Å². The molecule has 0 spiro atoms. The lowest BCUT2D eigenvalue weighted by Gasteiger charge is -2.08. The molecular formula is C55H72O4S24. The van der Waals surface area contributed by atoms with E-state index in [2.05, 4.69) is 87.3 Å². The first kappa shape index (κ1) is 73.5. The molecule has 0 bridgehead atoms. The fourth-order valence-electron chi connectivity index (χ4n) is 7.59. The highest BCUT2D eigenvalue weighted by Gasteiger charge is 2.39. The average Bonchev–Trinajstić information content (AvgIpc) is 4.09. The van der Waals surface area contributed by atoms with Gasteiger partial charge in [0.15, 0.2) is 0 Å². The van der Waals surface area contributed by atoms with E-state index in [4.69, 9.17) is 9.47 Å². The molecule has 0 amide bonds. The number of rotatable bonds is 38. The van der Waals surface area contributed by atoms with E-state index in [0.29, 0.717) is 31.1 Å². The smallest absolute Gasteiger partial charge is 0.305 e. The molecule has 460 valence electrons. The normalized spacial score (nSPS) is 19.3. The van der Waals surface area contributed by atoms with E-state index in [1.165, 1.54) is 210 Å². The maximum absolute atomic E-state index is 12.7. The van der Waals surface area contributed by atoms with Gasteiger partial charge >= 0.3 is 11.9 Å². The van der Waals surface area contributed by atoms with E-state index >= 15 is 0 Å². The quantitative estimate of drug-likeness (QED) is 0.0435. The summed E-state index contributed by atoms with van der Waals surface area (Å²) in [6.45, 7) is 9.88. The molecule has 0 saturated heterocycles. The van der Waals surface area contributed by atoms with Gasteiger partial charge in [0.05, 0.1) is 84.7 Å². The van der Waals surface area contributed by atoms with Crippen LogP contribution in [0.15, 0.2) is 84.7 Å². The summed E-state index contributed by atoms with van der Waals surface area (Å²) in [6.07, 6.45) is 26.3. The van der Waals surface area contributed by atoms with Crippen LogP contribution in [0.3, 0.4) is 0 Å². The van der Waals surface area contributed by atoms with E-state index in [9.17, 15) is 9.59 Å². The van der Waals surface area contributed by atoms with Crippen LogP contribution < -0.4 is 0 Å². The zero-order valence-corrected chi connectivity index (χ0v) is 67.1. The van der Waals surface area contributed by atoms with Gasteiger partial charge in [0.25, 0.3) is 0 Å². The molecule has 0 radical (unpaired) electrons. The molecule has 0 N–H and O–H groups in total. The first-order valence-electron chi connectivity index (χ1n) is 28.1. The summed E-state index contributed by atoms with van der Waals surface area (Å²) in [7, 11) is 0. The van der Waals surface area contributed by atoms with Crippen LogP contribution in [0.4, 0.5) is 0 Å². The van der Waals surface area contributed by atoms with Gasteiger partial charge in [-0.1, -0.05) is 293 Å². The van der Waals surface area contributed by atoms with E-state index in [1.807, 2.05) is 188 Å². The summed E-state index contributed by atoms with van der Waals surface area (Å²) in [5, 5.41) is 0. The van der Waals surface area contributed by atoms with Crippen LogP contribution in [0.2, 0.25) is 0 Å². The topological polar surface area (TPSA) is 52.6 Å². The van der Waals surface area contributed by atoms with Crippen molar-refractivity contribution in [2.24, 2.45) is 0 Å². The Balaban J connectivity index is 0.680. The van der Waals surface area contributed by atoms with E-state index in [0.717, 1.165) is 0 Å². The third-order valence-corrected chi connectivity index (χ3v) is 47.3. The van der Waals surface area contributed by atoms with Gasteiger partial charge in [0.1, 0.15) is 13.2 Å². The highest BCUT2D eigenvalue weighted by molar-refractivity contribution is 8.52. The molecule has 8 rings (SSSR count). The van der Waals surface area contributed by atoms with Crippen molar-refractivity contribution in [3.8, 4) is 0 Å². The van der Waals surface area contributed by atoms with Gasteiger partial charge in [-0.15, -0.1) is 94.1 Å². The molecule has 83 heavy (non-hydrogen) atoms. The zero-order chi connectivity index (χ0) is 58.2. The first-order valence-corrected chi connectivity index (χ1v) is 49.6. The Morgan fingerprint density at radius 1 is 0.277 bits per heavy atom. The average molecular weight is 1570 g/mol. The molecule has 0 aromatic rings. The summed E-state index contributed by atoms with van der Waals surface area (Å²) in [5.74, 6) is 5.80. The van der Waals surface area contributed by atoms with E-state index in [-0.39, 0.29) is 24.8 Å². The fourth-order valence-corrected chi connectivity index (χ4v) is 44.1. The lowest BCUT2D eigenvalue weighted by Crippen LogP contribution is -2.10. The Morgan fingerprint density at radius 2 is 0.494 bits per heavy atom. The maximum atomic E-state index is 12.7. The second-order valence-corrected chi connectivity index (χ2v) is 48.2. The van der Waals surface area contributed by atoms with E-state index < -0.39 is 0 Å². The highest BCUT2D eigenvalue weighted by Crippen LogP contribution is 2.75. The van der Waals surface area contributed by atoms with Gasteiger partial charge in [-0.25, -0.2) is 0 Å². The number of carbonyl (C=O) groups is 2. The lowest BCUT2D eigenvalue weighted by molar-refractivity contribution is -0.144. The Hall–Kier alpha value is 4.74. The molecule has 8 aliphatic rings. The Bertz CT molecular complexity index is 2340. The van der Waals surface area contributed by atoms with Crippen molar-refractivity contribution >= 4 is 294 Å². The number of carbonyl (C=O) groups excluding carboxylic acids is 2. The van der Waals surface area contributed by atoms with Crippen LogP contribution in [0, 0.1) is 0 Å². The molecule has 0 saturated carbocycles. The largest absolute Gasteiger partial charge is 0.465 e. The second-order valence-electron chi connectivity index (χ2n) is 18.4. The van der Waals surface area contributed by atoms with Gasteiger partial charge in [-0.05, 0) is 67.6 Å². The highest BCUT2D eigenvalue weighted by atomic mass is 32.3. The molecule has 0 fully saturated rings. The fraction of sp³-hybridized carbons (Fsp3) is 0.600. The molecule has 0 aromatic carbocycles. The SMILES string of the molecule is CCCCCCSC1=C(SCCCCCC)SC(=C2SC3=C(SC(=C4SC(SC)=C(SCCOC(=O)CCCC(=O)OCCSC5=C(SC)SC(=C6SC7=C(S6)SC(=C6SC(SCCCCCC)=C(SCCCCCC)S6)S7)S5)S4)S3)S2)S1. The third kappa shape index (κ3) is 24.1. The lowest BCUT2D eigenvalue weighted by atomic mass is 10.2. The monoisotopic (exact) mass is 1560 g/mol. The minimum atomic E-state index is -0.254. The molecule has 28 heteroatoms. The number of hydrogen-bond donors (Lipinski definition) is 0. The molecule has 8 aliphatic heterocycles. The molecule has 0 aromatic heterocycles. The predicted molar refractivity (Wildman–Crippen MR) is 426 cm³/mol. The van der Waals surface area contributed by atoms with Crippen LogP contribution in [0.25, 0.3) is 0 Å². The third-order valence-electron chi connectivity index (χ3n) is 11.8. The Kier molecular flexibility index (Phi) is 36.9. The second kappa shape index (κ2) is 41.6. The standard InChI is InChI=1S/C55H72O4S24/c1-7-11-15-19-28-62-40-41(63-29-20-16-12-8-2)73-46(72-40)50-80-52-53(81-50)77-48(76-52)44-68-36(60-5)38(70-44)66-32-26-58-34(56)24-23-25-35(57)59-27-33-67-39-37(61-6)69-45(71-39)49-78-54-55(79-49)83-51(82-54)47-74-42(64-30-21-17-13-9-3)43(75-47)65-31-22-18-14-10-4/h7-33H2,1-6H3. The maximum Gasteiger partial charge on any atom is 0.305 e. The number of unbranched alkanes of at least 4 members (excludes halogenated alkanes) is 12. The molecule has 0 unspecified atom stereocenters. The van der Waals surface area contributed by atoms with Crippen molar-refractivity contribution in [3.05, 3.63) is 84.7 Å². The summed E-state index contributed by atoms with van der Waals surface area (Å²) < 4.78 is 39.8. The number of esters is 2. The minimum absolute atomic E-state index is 0.216. The first-order chi connectivity index (χ1) is 40.7. The Morgan fingerprint density at radius 3 is 0.735 bits per heavy atom. The van der Waals surface area contributed by atoms with Crippen molar-refractivity contribution in [1.82, 2.24) is 0 Å². The Labute approximate surface area is 599 Å². The van der Waals surface area contributed by atoms with Gasteiger partial charge in [0, 0.05) is 24.3 Å².